The largest absolute Gasteiger partial charge is 0.286 e. The van der Waals surface area contributed by atoms with Gasteiger partial charge in [-0.1, -0.05) is 42.5 Å². The summed E-state index contributed by atoms with van der Waals surface area (Å²) in [5, 5.41) is 0. The van der Waals surface area contributed by atoms with Crippen LogP contribution >= 0.6 is 0 Å². The van der Waals surface area contributed by atoms with Crippen LogP contribution in [0.15, 0.2) is 59.6 Å². The zero-order valence-corrected chi connectivity index (χ0v) is 11.3. The lowest BCUT2D eigenvalue weighted by Gasteiger charge is -2.07. The predicted molar refractivity (Wildman–Crippen MR) is 79.1 cm³/mol. The Kier molecular flexibility index (Phi) is 2.20. The number of allylic oxidation sites excluding steroid dienone is 2. The molecule has 2 aromatic rings. The fraction of sp³-hybridized carbons (Fsp3) is 0. The molecule has 0 spiro atoms. The van der Waals surface area contributed by atoms with E-state index >= 15 is 0 Å². The van der Waals surface area contributed by atoms with Gasteiger partial charge in [0.25, 0.3) is 10.0 Å². The van der Waals surface area contributed by atoms with Crippen molar-refractivity contribution in [2.75, 3.05) is 0 Å². The van der Waals surface area contributed by atoms with Gasteiger partial charge in [-0.2, -0.15) is 0 Å². The minimum absolute atomic E-state index is 0.324. The first-order valence-electron chi connectivity index (χ1n) is 6.30. The van der Waals surface area contributed by atoms with Gasteiger partial charge in [-0.25, -0.2) is 8.42 Å². The Morgan fingerprint density at radius 2 is 1.50 bits per heavy atom. The predicted octanol–water partition coefficient (Wildman–Crippen LogP) is 2.87. The molecule has 0 saturated carbocycles. The molecule has 20 heavy (non-hydrogen) atoms. The molecule has 1 aliphatic heterocycles. The summed E-state index contributed by atoms with van der Waals surface area (Å²) in [6.45, 7) is 0. The van der Waals surface area contributed by atoms with E-state index in [9.17, 15) is 8.42 Å². The van der Waals surface area contributed by atoms with Crippen LogP contribution in [0.4, 0.5) is 0 Å². The van der Waals surface area contributed by atoms with E-state index in [4.69, 9.17) is 0 Å². The normalized spacial score (nSPS) is 17.8. The van der Waals surface area contributed by atoms with Crippen LogP contribution in [0.25, 0.3) is 17.2 Å². The second-order valence-electron chi connectivity index (χ2n) is 4.82. The molecule has 4 rings (SSSR count). The van der Waals surface area contributed by atoms with Crippen LogP contribution in [-0.4, -0.2) is 8.42 Å². The van der Waals surface area contributed by atoms with Crippen LogP contribution in [-0.2, 0) is 10.0 Å². The molecule has 2 aliphatic rings. The Morgan fingerprint density at radius 1 is 0.800 bits per heavy atom. The van der Waals surface area contributed by atoms with E-state index in [2.05, 4.69) is 4.72 Å². The van der Waals surface area contributed by atoms with E-state index in [0.29, 0.717) is 4.90 Å². The first kappa shape index (κ1) is 11.5. The highest BCUT2D eigenvalue weighted by molar-refractivity contribution is 7.89. The Labute approximate surface area is 117 Å². The van der Waals surface area contributed by atoms with Gasteiger partial charge in [0.15, 0.2) is 0 Å². The van der Waals surface area contributed by atoms with Crippen molar-refractivity contribution in [1.82, 2.24) is 4.72 Å². The molecule has 0 amide bonds. The van der Waals surface area contributed by atoms with Crippen LogP contribution in [0.3, 0.4) is 0 Å². The quantitative estimate of drug-likeness (QED) is 0.807. The summed E-state index contributed by atoms with van der Waals surface area (Å²) in [6.07, 6.45) is 3.63. The standard InChI is InChI=1S/C16H11NO2S/c18-20(19)16-8-4-3-7-13(16)14-9-11-5-1-2-6-12(11)15(14)10-17-20/h1-10,17H. The van der Waals surface area contributed by atoms with Gasteiger partial charge < -0.3 is 0 Å². The van der Waals surface area contributed by atoms with E-state index < -0.39 is 10.0 Å². The van der Waals surface area contributed by atoms with Gasteiger partial charge in [-0.05, 0) is 28.8 Å². The lowest BCUT2D eigenvalue weighted by molar-refractivity contribution is 0.591. The molecule has 0 saturated heterocycles. The van der Waals surface area contributed by atoms with Crippen LogP contribution in [0.2, 0.25) is 0 Å². The molecule has 0 unspecified atom stereocenters. The molecule has 1 aliphatic carbocycles. The maximum atomic E-state index is 12.3. The molecular weight excluding hydrogens is 270 g/mol. The van der Waals surface area contributed by atoms with E-state index in [1.54, 1.807) is 18.3 Å². The van der Waals surface area contributed by atoms with E-state index in [1.807, 2.05) is 42.5 Å². The number of fused-ring (bicyclic) bond motifs is 5. The van der Waals surface area contributed by atoms with Gasteiger partial charge in [-0.3, -0.25) is 4.72 Å². The van der Waals surface area contributed by atoms with Crippen molar-refractivity contribution < 1.29 is 8.42 Å². The molecule has 0 fully saturated rings. The summed E-state index contributed by atoms with van der Waals surface area (Å²) in [4.78, 5) is 0.324. The van der Waals surface area contributed by atoms with Crippen LogP contribution in [0, 0.1) is 0 Å². The van der Waals surface area contributed by atoms with Gasteiger partial charge in [-0.15, -0.1) is 0 Å². The number of benzene rings is 2. The summed E-state index contributed by atoms with van der Waals surface area (Å²) in [5.74, 6) is 0. The number of hydrogen-bond acceptors (Lipinski definition) is 2. The summed E-state index contributed by atoms with van der Waals surface area (Å²) >= 11 is 0. The zero-order valence-electron chi connectivity index (χ0n) is 10.5. The molecule has 3 nitrogen and oxygen atoms in total. The molecule has 4 heteroatoms. The Morgan fingerprint density at radius 3 is 2.35 bits per heavy atom. The van der Waals surface area contributed by atoms with Crippen molar-refractivity contribution in [1.29, 1.82) is 0 Å². The van der Waals surface area contributed by atoms with Gasteiger partial charge in [0, 0.05) is 17.3 Å². The lowest BCUT2D eigenvalue weighted by atomic mass is 9.98. The average molecular weight is 281 g/mol. The maximum absolute atomic E-state index is 12.3. The molecule has 98 valence electrons. The highest BCUT2D eigenvalue weighted by atomic mass is 32.2. The van der Waals surface area contributed by atoms with Crippen molar-refractivity contribution >= 4 is 27.2 Å². The minimum atomic E-state index is -3.49. The van der Waals surface area contributed by atoms with Crippen LogP contribution in [0.1, 0.15) is 16.7 Å². The third-order valence-electron chi connectivity index (χ3n) is 3.67. The van der Waals surface area contributed by atoms with Gasteiger partial charge in [0.1, 0.15) is 0 Å². The van der Waals surface area contributed by atoms with Crippen molar-refractivity contribution in [2.45, 2.75) is 4.90 Å². The molecule has 2 aromatic carbocycles. The third kappa shape index (κ3) is 1.48. The molecule has 0 atom stereocenters. The molecule has 0 radical (unpaired) electrons. The fourth-order valence-corrected chi connectivity index (χ4v) is 3.87. The van der Waals surface area contributed by atoms with Crippen molar-refractivity contribution in [2.24, 2.45) is 0 Å². The second kappa shape index (κ2) is 3.84. The monoisotopic (exact) mass is 281 g/mol. The van der Waals surface area contributed by atoms with Crippen molar-refractivity contribution in [3.8, 4) is 0 Å². The maximum Gasteiger partial charge on any atom is 0.262 e. The lowest BCUT2D eigenvalue weighted by Crippen LogP contribution is -2.17. The smallest absolute Gasteiger partial charge is 0.262 e. The van der Waals surface area contributed by atoms with Crippen molar-refractivity contribution in [3.63, 3.8) is 0 Å². The first-order chi connectivity index (χ1) is 9.67. The minimum Gasteiger partial charge on any atom is -0.286 e. The number of hydrogen-bond donors (Lipinski definition) is 1. The van der Waals surface area contributed by atoms with Crippen molar-refractivity contribution in [3.05, 3.63) is 71.4 Å². The average Bonchev–Trinajstić information content (AvgIpc) is 2.79. The highest BCUT2D eigenvalue weighted by Crippen LogP contribution is 2.43. The van der Waals surface area contributed by atoms with Crippen LogP contribution in [0.5, 0.6) is 0 Å². The Bertz CT molecular complexity index is 892. The van der Waals surface area contributed by atoms with Gasteiger partial charge >= 0.3 is 0 Å². The number of sulfonamides is 1. The Hall–Kier alpha value is -2.33. The summed E-state index contributed by atoms with van der Waals surface area (Å²) in [6, 6.07) is 15.1. The molecule has 0 aromatic heterocycles. The molecular formula is C16H11NO2S. The summed E-state index contributed by atoms with van der Waals surface area (Å²) in [7, 11) is -3.49. The number of rotatable bonds is 0. The van der Waals surface area contributed by atoms with Gasteiger partial charge in [0.05, 0.1) is 4.90 Å². The molecule has 1 heterocycles. The molecule has 0 bridgehead atoms. The highest BCUT2D eigenvalue weighted by Gasteiger charge is 2.28. The van der Waals surface area contributed by atoms with E-state index in [0.717, 1.165) is 27.8 Å². The first-order valence-corrected chi connectivity index (χ1v) is 7.78. The van der Waals surface area contributed by atoms with E-state index in [1.165, 1.54) is 0 Å². The zero-order chi connectivity index (χ0) is 13.7. The van der Waals surface area contributed by atoms with Gasteiger partial charge in [0.2, 0.25) is 0 Å². The summed E-state index contributed by atoms with van der Waals surface area (Å²) < 4.78 is 27.1. The summed E-state index contributed by atoms with van der Waals surface area (Å²) in [5.41, 5.74) is 4.80. The SMILES string of the molecule is O=S1(=O)NC=C2C(=Cc3ccccc32)c2ccccc21. The Balaban J connectivity index is 2.07. The van der Waals surface area contributed by atoms with Crippen LogP contribution < -0.4 is 4.72 Å². The number of nitrogens with one attached hydrogen (secondary N) is 1. The fourth-order valence-electron chi connectivity index (χ4n) is 2.75. The van der Waals surface area contributed by atoms with E-state index in [-0.39, 0.29) is 0 Å². The molecule has 1 N–H and O–H groups in total. The topological polar surface area (TPSA) is 46.2 Å². The second-order valence-corrected chi connectivity index (χ2v) is 6.50. The third-order valence-corrected chi connectivity index (χ3v) is 5.03.